The minimum absolute atomic E-state index is 0.671. The molecule has 0 radical (unpaired) electrons. The summed E-state index contributed by atoms with van der Waals surface area (Å²) >= 11 is 3.44. The average molecular weight is 349 g/mol. The Hall–Kier alpha value is -1.30. The van der Waals surface area contributed by atoms with Crippen LogP contribution in [0, 0.1) is 0 Å². The molecule has 124 valence electrons. The Labute approximate surface area is 148 Å². The van der Waals surface area contributed by atoms with Crippen LogP contribution in [0.15, 0.2) is 58.3 Å². The van der Waals surface area contributed by atoms with Crippen molar-refractivity contribution in [3.05, 3.63) is 48.5 Å². The largest absolute Gasteiger partial charge is 0.378 e. The third-order valence-electron chi connectivity index (χ3n) is 3.32. The van der Waals surface area contributed by atoms with Crippen LogP contribution in [0.25, 0.3) is 0 Å². The SMILES string of the molecule is CN(C)c1ccc(SCOCSc2ccc(N(C)C)cc2)cc1. The van der Waals surface area contributed by atoms with E-state index in [4.69, 9.17) is 4.74 Å². The lowest BCUT2D eigenvalue weighted by Crippen LogP contribution is -2.07. The summed E-state index contributed by atoms with van der Waals surface area (Å²) in [5.74, 6) is 1.34. The van der Waals surface area contributed by atoms with E-state index in [9.17, 15) is 0 Å². The van der Waals surface area contributed by atoms with Gasteiger partial charge in [-0.25, -0.2) is 0 Å². The number of hydrogen-bond acceptors (Lipinski definition) is 5. The molecule has 5 heteroatoms. The second-order valence-corrected chi connectivity index (χ2v) is 7.50. The zero-order valence-corrected chi connectivity index (χ0v) is 15.8. The van der Waals surface area contributed by atoms with Gasteiger partial charge in [-0.15, -0.1) is 0 Å². The summed E-state index contributed by atoms with van der Waals surface area (Å²) in [5.41, 5.74) is 2.43. The van der Waals surface area contributed by atoms with Gasteiger partial charge in [0.2, 0.25) is 0 Å². The Bertz CT molecular complexity index is 529. The molecule has 0 saturated carbocycles. The highest BCUT2D eigenvalue weighted by Crippen LogP contribution is 2.24. The predicted molar refractivity (Wildman–Crippen MR) is 104 cm³/mol. The van der Waals surface area contributed by atoms with E-state index in [2.05, 4.69) is 58.3 Å². The molecule has 23 heavy (non-hydrogen) atoms. The van der Waals surface area contributed by atoms with Gasteiger partial charge in [-0.2, -0.15) is 0 Å². The van der Waals surface area contributed by atoms with Crippen LogP contribution in [0.5, 0.6) is 0 Å². The van der Waals surface area contributed by atoms with E-state index >= 15 is 0 Å². The van der Waals surface area contributed by atoms with Crippen molar-refractivity contribution in [2.24, 2.45) is 0 Å². The third kappa shape index (κ3) is 6.01. The van der Waals surface area contributed by atoms with Crippen molar-refractivity contribution in [1.29, 1.82) is 0 Å². The summed E-state index contributed by atoms with van der Waals surface area (Å²) in [6.45, 7) is 0. The van der Waals surface area contributed by atoms with Crippen LogP contribution in [0.2, 0.25) is 0 Å². The van der Waals surface area contributed by atoms with Crippen molar-refractivity contribution in [1.82, 2.24) is 0 Å². The maximum Gasteiger partial charge on any atom is 0.0978 e. The molecule has 0 unspecified atom stereocenters. The second kappa shape index (κ2) is 9.11. The maximum absolute atomic E-state index is 5.70. The van der Waals surface area contributed by atoms with E-state index in [0.717, 1.165) is 0 Å². The van der Waals surface area contributed by atoms with Gasteiger partial charge in [0.1, 0.15) is 0 Å². The quantitative estimate of drug-likeness (QED) is 0.391. The fourth-order valence-corrected chi connectivity index (χ4v) is 3.30. The molecular formula is C18H24N2OS2. The van der Waals surface area contributed by atoms with Crippen molar-refractivity contribution < 1.29 is 4.74 Å². The Morgan fingerprint density at radius 2 is 1.00 bits per heavy atom. The molecule has 0 spiro atoms. The molecule has 0 bridgehead atoms. The predicted octanol–water partition coefficient (Wildman–Crippen LogP) is 4.63. The highest BCUT2D eigenvalue weighted by atomic mass is 32.2. The van der Waals surface area contributed by atoms with Crippen LogP contribution in [0.1, 0.15) is 0 Å². The van der Waals surface area contributed by atoms with Crippen molar-refractivity contribution in [3.63, 3.8) is 0 Å². The number of anilines is 2. The molecule has 2 aromatic rings. The molecule has 0 heterocycles. The Kier molecular flexibility index (Phi) is 7.15. The first-order valence-corrected chi connectivity index (χ1v) is 9.41. The number of benzene rings is 2. The van der Waals surface area contributed by atoms with Gasteiger partial charge in [-0.1, -0.05) is 23.5 Å². The standard InChI is InChI=1S/C18H24N2OS2/c1-19(2)15-5-9-17(10-6-15)22-13-21-14-23-18-11-7-16(8-12-18)20(3)4/h5-12H,13-14H2,1-4H3. The second-order valence-electron chi connectivity index (χ2n) is 5.51. The smallest absolute Gasteiger partial charge is 0.0978 e. The molecule has 0 aromatic heterocycles. The molecule has 2 rings (SSSR count). The van der Waals surface area contributed by atoms with Gasteiger partial charge < -0.3 is 14.5 Å². The molecular weight excluding hydrogens is 324 g/mol. The van der Waals surface area contributed by atoms with Crippen molar-refractivity contribution in [2.45, 2.75) is 9.79 Å². The minimum Gasteiger partial charge on any atom is -0.378 e. The first-order valence-electron chi connectivity index (χ1n) is 7.44. The van der Waals surface area contributed by atoms with Gasteiger partial charge in [0.25, 0.3) is 0 Å². The summed E-state index contributed by atoms with van der Waals surface area (Å²) in [4.78, 5) is 6.67. The molecule has 3 nitrogen and oxygen atoms in total. The monoisotopic (exact) mass is 348 g/mol. The van der Waals surface area contributed by atoms with E-state index in [1.54, 1.807) is 23.5 Å². The van der Waals surface area contributed by atoms with Crippen molar-refractivity contribution in [3.8, 4) is 0 Å². The summed E-state index contributed by atoms with van der Waals surface area (Å²) < 4.78 is 5.70. The Balaban J connectivity index is 1.67. The maximum atomic E-state index is 5.70. The molecule has 0 aliphatic rings. The molecule has 0 amide bonds. The highest BCUT2D eigenvalue weighted by molar-refractivity contribution is 7.99. The van der Waals surface area contributed by atoms with E-state index in [1.165, 1.54) is 21.2 Å². The van der Waals surface area contributed by atoms with Gasteiger partial charge in [0.15, 0.2) is 0 Å². The number of rotatable bonds is 8. The van der Waals surface area contributed by atoms with Crippen LogP contribution in [0.3, 0.4) is 0 Å². The number of nitrogens with zero attached hydrogens (tertiary/aromatic N) is 2. The number of hydrogen-bond donors (Lipinski definition) is 0. The molecule has 0 atom stereocenters. The molecule has 0 saturated heterocycles. The van der Waals surface area contributed by atoms with Crippen LogP contribution >= 0.6 is 23.5 Å². The first-order chi connectivity index (χ1) is 11.1. The summed E-state index contributed by atoms with van der Waals surface area (Å²) in [7, 11) is 8.20. The lowest BCUT2D eigenvalue weighted by Gasteiger charge is -2.13. The van der Waals surface area contributed by atoms with Crippen LogP contribution in [-0.2, 0) is 4.74 Å². The topological polar surface area (TPSA) is 15.7 Å². The minimum atomic E-state index is 0.671. The van der Waals surface area contributed by atoms with Gasteiger partial charge in [-0.3, -0.25) is 0 Å². The average Bonchev–Trinajstić information content (AvgIpc) is 2.55. The first kappa shape index (κ1) is 18.0. The molecule has 0 aliphatic heterocycles. The normalized spacial score (nSPS) is 10.6. The van der Waals surface area contributed by atoms with Gasteiger partial charge in [-0.05, 0) is 48.5 Å². The summed E-state index contributed by atoms with van der Waals surface area (Å²) in [5, 5.41) is 0. The van der Waals surface area contributed by atoms with Crippen molar-refractivity contribution >= 4 is 34.9 Å². The number of ether oxygens (including phenoxy) is 1. The fourth-order valence-electron chi connectivity index (χ4n) is 1.93. The van der Waals surface area contributed by atoms with Crippen LogP contribution in [0.4, 0.5) is 11.4 Å². The molecule has 0 fully saturated rings. The van der Waals surface area contributed by atoms with E-state index < -0.39 is 0 Å². The lowest BCUT2D eigenvalue weighted by molar-refractivity contribution is 0.240. The fraction of sp³-hybridized carbons (Fsp3) is 0.333. The number of thioether (sulfide) groups is 2. The highest BCUT2D eigenvalue weighted by Gasteiger charge is 1.99. The zero-order chi connectivity index (χ0) is 16.7. The molecule has 0 N–H and O–H groups in total. The van der Waals surface area contributed by atoms with E-state index in [1.807, 2.05) is 28.2 Å². The lowest BCUT2D eigenvalue weighted by atomic mass is 10.3. The van der Waals surface area contributed by atoms with Crippen molar-refractivity contribution in [2.75, 3.05) is 49.9 Å². The molecule has 2 aromatic carbocycles. The third-order valence-corrected chi connectivity index (χ3v) is 5.10. The zero-order valence-electron chi connectivity index (χ0n) is 14.2. The van der Waals surface area contributed by atoms with Crippen LogP contribution in [-0.4, -0.2) is 40.1 Å². The summed E-state index contributed by atoms with van der Waals surface area (Å²) in [6, 6.07) is 17.1. The van der Waals surface area contributed by atoms with Crippen LogP contribution < -0.4 is 9.80 Å². The summed E-state index contributed by atoms with van der Waals surface area (Å²) in [6.07, 6.45) is 0. The van der Waals surface area contributed by atoms with Gasteiger partial charge in [0.05, 0.1) is 11.9 Å². The Morgan fingerprint density at radius 3 is 1.30 bits per heavy atom. The Morgan fingerprint density at radius 1 is 0.652 bits per heavy atom. The van der Waals surface area contributed by atoms with Gasteiger partial charge >= 0.3 is 0 Å². The van der Waals surface area contributed by atoms with Gasteiger partial charge in [0, 0.05) is 49.4 Å². The van der Waals surface area contributed by atoms with E-state index in [-0.39, 0.29) is 0 Å². The van der Waals surface area contributed by atoms with E-state index in [0.29, 0.717) is 11.9 Å². The molecule has 0 aliphatic carbocycles.